The summed E-state index contributed by atoms with van der Waals surface area (Å²) in [5.74, 6) is 1.08. The average molecular weight is 827 g/mol. The van der Waals surface area contributed by atoms with Crippen molar-refractivity contribution in [2.45, 2.75) is 119 Å². The summed E-state index contributed by atoms with van der Waals surface area (Å²) in [5.41, 5.74) is 14.5. The van der Waals surface area contributed by atoms with Crippen molar-refractivity contribution in [2.75, 3.05) is 0 Å². The topological polar surface area (TPSA) is 0 Å². The molecule has 0 amide bonds. The standard InChI is InChI=1S/2C23H27.C2H6Si.2ClH.Zr/c2*1-5-9-17-14-19-13-12-18(6-2)23(22(19)15-17)21-11-8-7-10-20(21)16(3)4;1-3-2;;;/h2*7-8,10-16H,5-6,9H2,1-4H3;1-2H3;2*1H;/q2*-1;;;;+4/p-2. The maximum atomic E-state index is 4.93. The first kappa shape index (κ1) is 44.2. The van der Waals surface area contributed by atoms with Crippen molar-refractivity contribution in [2.24, 2.45) is 0 Å². The Labute approximate surface area is 338 Å². The summed E-state index contributed by atoms with van der Waals surface area (Å²) in [4.78, 5) is 0. The molecule has 6 aromatic rings. The van der Waals surface area contributed by atoms with Gasteiger partial charge in [-0.25, -0.2) is 0 Å². The Bertz CT molecular complexity index is 1800. The predicted octanol–water partition coefficient (Wildman–Crippen LogP) is 15.9. The molecule has 0 saturated carbocycles. The third-order valence-corrected chi connectivity index (χ3v) is 9.62. The van der Waals surface area contributed by atoms with Gasteiger partial charge in [-0.2, -0.15) is 12.1 Å². The van der Waals surface area contributed by atoms with Gasteiger partial charge in [0.25, 0.3) is 0 Å². The van der Waals surface area contributed by atoms with Crippen molar-refractivity contribution in [3.63, 3.8) is 0 Å². The summed E-state index contributed by atoms with van der Waals surface area (Å²) in [5, 5.41) is 5.64. The van der Waals surface area contributed by atoms with E-state index in [2.05, 4.69) is 166 Å². The number of rotatable bonds is 10. The van der Waals surface area contributed by atoms with Gasteiger partial charge in [0.2, 0.25) is 0 Å². The van der Waals surface area contributed by atoms with Gasteiger partial charge >= 0.3 is 37.9 Å². The van der Waals surface area contributed by atoms with Gasteiger partial charge in [0, 0.05) is 9.52 Å². The number of aryl methyl sites for hydroxylation is 4. The second-order valence-electron chi connectivity index (χ2n) is 14.2. The monoisotopic (exact) mass is 824 g/mol. The molecule has 0 aromatic heterocycles. The van der Waals surface area contributed by atoms with Crippen LogP contribution < -0.4 is 0 Å². The van der Waals surface area contributed by atoms with Crippen molar-refractivity contribution in [1.29, 1.82) is 0 Å². The molecule has 0 bridgehead atoms. The molecule has 6 aromatic carbocycles. The van der Waals surface area contributed by atoms with Gasteiger partial charge in [0.15, 0.2) is 0 Å². The van der Waals surface area contributed by atoms with Gasteiger partial charge in [-0.3, -0.25) is 0 Å². The molecule has 52 heavy (non-hydrogen) atoms. The maximum absolute atomic E-state index is 4.93. The average Bonchev–Trinajstić information content (AvgIpc) is 3.75. The molecule has 0 N–H and O–H groups in total. The first-order chi connectivity index (χ1) is 25.1. The molecule has 0 aliphatic rings. The van der Waals surface area contributed by atoms with Crippen LogP contribution in [0.15, 0.2) is 97.1 Å². The number of fused-ring (bicyclic) bond motifs is 2. The Morgan fingerprint density at radius 3 is 1.23 bits per heavy atom. The predicted molar refractivity (Wildman–Crippen MR) is 234 cm³/mol. The Hall–Kier alpha value is -2.22. The summed E-state index contributed by atoms with van der Waals surface area (Å²) in [6.45, 7) is 22.5. The van der Waals surface area contributed by atoms with E-state index in [1.54, 1.807) is 0 Å². The first-order valence-electron chi connectivity index (χ1n) is 19.3. The van der Waals surface area contributed by atoms with Gasteiger partial charge in [0.1, 0.15) is 0 Å². The number of benzene rings is 4. The molecule has 0 aliphatic heterocycles. The van der Waals surface area contributed by atoms with E-state index in [9.17, 15) is 0 Å². The second-order valence-corrected chi connectivity index (χ2v) is 18.9. The van der Waals surface area contributed by atoms with Crippen LogP contribution in [0, 0.1) is 0 Å². The van der Waals surface area contributed by atoms with E-state index in [0.717, 1.165) is 22.4 Å². The molecule has 0 atom stereocenters. The van der Waals surface area contributed by atoms with E-state index < -0.39 is 20.8 Å². The van der Waals surface area contributed by atoms with Crippen molar-refractivity contribution >= 4 is 48.1 Å². The van der Waals surface area contributed by atoms with E-state index >= 15 is 0 Å². The minimum atomic E-state index is -0.826. The fourth-order valence-corrected chi connectivity index (χ4v) is 7.33. The Morgan fingerprint density at radius 2 is 0.923 bits per heavy atom. The normalized spacial score (nSPS) is 10.7. The first-order valence-corrected chi connectivity index (χ1v) is 27.6. The van der Waals surface area contributed by atoms with Crippen molar-refractivity contribution < 1.29 is 20.8 Å². The molecule has 0 nitrogen and oxygen atoms in total. The van der Waals surface area contributed by atoms with Crippen LogP contribution in [-0.2, 0) is 46.5 Å². The number of hydrogen-bond acceptors (Lipinski definition) is 0. The minimum absolute atomic E-state index is 0.538. The fourth-order valence-electron chi connectivity index (χ4n) is 7.33. The fraction of sp³-hybridized carbons (Fsp3) is 0.375. The van der Waals surface area contributed by atoms with Crippen LogP contribution in [0.4, 0.5) is 0 Å². The molecular formula is C48H60Cl2SiZr. The zero-order chi connectivity index (χ0) is 38.2. The van der Waals surface area contributed by atoms with Crippen molar-refractivity contribution in [1.82, 2.24) is 0 Å². The van der Waals surface area contributed by atoms with Crippen LogP contribution in [0.2, 0.25) is 13.1 Å². The zero-order valence-electron chi connectivity index (χ0n) is 33.4. The zero-order valence-corrected chi connectivity index (χ0v) is 38.4. The van der Waals surface area contributed by atoms with Gasteiger partial charge in [-0.05, 0) is 59.8 Å². The van der Waals surface area contributed by atoms with Crippen LogP contribution in [0.25, 0.3) is 43.8 Å². The summed E-state index contributed by atoms with van der Waals surface area (Å²) in [7, 11) is 11.0. The summed E-state index contributed by atoms with van der Waals surface area (Å²) >= 11 is -0.826. The molecule has 0 fully saturated rings. The van der Waals surface area contributed by atoms with Crippen LogP contribution >= 0.6 is 17.0 Å². The van der Waals surface area contributed by atoms with E-state index in [4.69, 9.17) is 17.0 Å². The third kappa shape index (κ3) is 11.4. The van der Waals surface area contributed by atoms with Gasteiger partial charge in [0.05, 0.1) is 0 Å². The molecule has 0 aliphatic carbocycles. The van der Waals surface area contributed by atoms with E-state index in [-0.39, 0.29) is 0 Å². The van der Waals surface area contributed by atoms with Gasteiger partial charge in [-0.15, -0.1) is 69.1 Å². The van der Waals surface area contributed by atoms with Crippen molar-refractivity contribution in [3.8, 4) is 22.3 Å². The number of hydrogen-bond donors (Lipinski definition) is 0. The second kappa shape index (κ2) is 22.9. The van der Waals surface area contributed by atoms with E-state index in [1.165, 1.54) is 103 Å². The molecule has 2 radical (unpaired) electrons. The van der Waals surface area contributed by atoms with Crippen LogP contribution in [0.5, 0.6) is 0 Å². The molecule has 6 rings (SSSR count). The molecule has 0 unspecified atom stereocenters. The quantitative estimate of drug-likeness (QED) is 0.0953. The third-order valence-electron chi connectivity index (χ3n) is 9.62. The Balaban J connectivity index is 0.000000244. The molecule has 4 heteroatoms. The van der Waals surface area contributed by atoms with E-state index in [1.807, 2.05) is 0 Å². The Morgan fingerprint density at radius 1 is 0.577 bits per heavy atom. The van der Waals surface area contributed by atoms with Crippen LogP contribution in [0.1, 0.15) is 113 Å². The molecule has 274 valence electrons. The Kier molecular flexibility index (Phi) is 19.4. The molecule has 0 saturated heterocycles. The van der Waals surface area contributed by atoms with Crippen molar-refractivity contribution in [3.05, 3.63) is 130 Å². The summed E-state index contributed by atoms with van der Waals surface area (Å²) in [6.07, 6.45) is 6.89. The SMILES string of the molecule is CCCc1cc2c(-c3ccccc3C(C)C)c(CC)ccc2[cH-]1.CCCc1cc2c(-c3ccccc3C(C)C)c(CC)ccc2[cH-]1.C[Si]C.[Cl][Zr+2][Cl]. The molecule has 0 heterocycles. The van der Waals surface area contributed by atoms with E-state index in [0.29, 0.717) is 11.8 Å². The van der Waals surface area contributed by atoms with Gasteiger partial charge < -0.3 is 0 Å². The molecule has 0 spiro atoms. The summed E-state index contributed by atoms with van der Waals surface area (Å²) in [6, 6.07) is 36.7. The molecular weight excluding hydrogens is 767 g/mol. The number of halogens is 2. The van der Waals surface area contributed by atoms with Gasteiger partial charge in [-0.1, -0.05) is 152 Å². The van der Waals surface area contributed by atoms with Crippen LogP contribution in [-0.4, -0.2) is 9.52 Å². The van der Waals surface area contributed by atoms with Crippen LogP contribution in [0.3, 0.4) is 0 Å². The summed E-state index contributed by atoms with van der Waals surface area (Å²) < 4.78 is 0.